The van der Waals surface area contributed by atoms with Crippen molar-refractivity contribution in [2.75, 3.05) is 13.1 Å². The van der Waals surface area contributed by atoms with Gasteiger partial charge in [0.25, 0.3) is 0 Å². The van der Waals surface area contributed by atoms with Crippen molar-refractivity contribution in [3.63, 3.8) is 0 Å². The van der Waals surface area contributed by atoms with Crippen molar-refractivity contribution in [3.05, 3.63) is 17.5 Å². The lowest BCUT2D eigenvalue weighted by Crippen LogP contribution is -2.59. The van der Waals surface area contributed by atoms with Crippen LogP contribution in [0.4, 0.5) is 0 Å². The monoisotopic (exact) mass is 349 g/mol. The van der Waals surface area contributed by atoms with Crippen LogP contribution in [0.3, 0.4) is 0 Å². The molecule has 1 saturated carbocycles. The van der Waals surface area contributed by atoms with Crippen LogP contribution in [0.15, 0.2) is 6.07 Å². The molecule has 1 saturated heterocycles. The van der Waals surface area contributed by atoms with Gasteiger partial charge in [-0.3, -0.25) is 19.1 Å². The molecule has 1 aromatic heterocycles. The second-order valence-electron chi connectivity index (χ2n) is 7.45. The van der Waals surface area contributed by atoms with Gasteiger partial charge < -0.3 is 15.1 Å². The predicted octanol–water partition coefficient (Wildman–Crippen LogP) is 1.23. The van der Waals surface area contributed by atoms with Gasteiger partial charge >= 0.3 is 11.9 Å². The number of likely N-dealkylation sites (tertiary alicyclic amines) is 1. The zero-order valence-corrected chi connectivity index (χ0v) is 14.7. The Hall–Kier alpha value is -2.38. The van der Waals surface area contributed by atoms with E-state index in [0.29, 0.717) is 12.8 Å². The number of hydrogen-bond acceptors (Lipinski definition) is 4. The molecule has 0 bridgehead atoms. The van der Waals surface area contributed by atoms with Crippen LogP contribution in [0, 0.1) is 24.7 Å². The number of carbonyl (C=O) groups is 3. The lowest BCUT2D eigenvalue weighted by molar-refractivity contribution is -0.183. The molecule has 2 fully saturated rings. The summed E-state index contributed by atoms with van der Waals surface area (Å²) < 4.78 is 1.78. The molecule has 1 aromatic rings. The van der Waals surface area contributed by atoms with Gasteiger partial charge in [0.05, 0.1) is 11.7 Å². The quantitative estimate of drug-likeness (QED) is 0.827. The molecule has 25 heavy (non-hydrogen) atoms. The molecule has 0 spiro atoms. The number of aliphatic carboxylic acids is 2. The molecule has 0 radical (unpaired) electrons. The summed E-state index contributed by atoms with van der Waals surface area (Å²) in [6.45, 7) is 5.61. The number of amides is 1. The molecule has 136 valence electrons. The van der Waals surface area contributed by atoms with Gasteiger partial charge in [-0.1, -0.05) is 0 Å². The fourth-order valence-electron chi connectivity index (χ4n) is 4.39. The van der Waals surface area contributed by atoms with Gasteiger partial charge in [0.15, 0.2) is 0 Å². The number of rotatable bonds is 5. The minimum atomic E-state index is -1.35. The summed E-state index contributed by atoms with van der Waals surface area (Å²) in [5.74, 6) is -2.47. The zero-order valence-electron chi connectivity index (χ0n) is 14.7. The second-order valence-corrected chi connectivity index (χ2v) is 7.45. The van der Waals surface area contributed by atoms with Crippen LogP contribution in [0.25, 0.3) is 0 Å². The summed E-state index contributed by atoms with van der Waals surface area (Å²) in [6.07, 6.45) is 0.754. The molecular weight excluding hydrogens is 326 g/mol. The van der Waals surface area contributed by atoms with Crippen molar-refractivity contribution in [2.24, 2.45) is 10.8 Å². The molecule has 3 unspecified atom stereocenters. The van der Waals surface area contributed by atoms with Gasteiger partial charge in [-0.05, 0) is 39.7 Å². The Morgan fingerprint density at radius 2 is 1.68 bits per heavy atom. The van der Waals surface area contributed by atoms with Gasteiger partial charge in [0, 0.05) is 25.2 Å². The maximum atomic E-state index is 12.7. The first-order valence-electron chi connectivity index (χ1n) is 8.40. The minimum Gasteiger partial charge on any atom is -0.481 e. The molecule has 1 aliphatic carbocycles. The normalized spacial score (nSPS) is 29.0. The molecule has 1 aliphatic heterocycles. The molecule has 2 aliphatic rings. The highest BCUT2D eigenvalue weighted by molar-refractivity contribution is 5.92. The van der Waals surface area contributed by atoms with Crippen LogP contribution in [0.5, 0.6) is 0 Å². The summed E-state index contributed by atoms with van der Waals surface area (Å²) >= 11 is 0. The fourth-order valence-corrected chi connectivity index (χ4v) is 4.39. The average Bonchev–Trinajstić information content (AvgIpc) is 2.95. The summed E-state index contributed by atoms with van der Waals surface area (Å²) in [5, 5.41) is 23.6. The van der Waals surface area contributed by atoms with E-state index < -0.39 is 22.8 Å². The Labute approximate surface area is 145 Å². The highest BCUT2D eigenvalue weighted by Crippen LogP contribution is 2.61. The Kier molecular flexibility index (Phi) is 3.89. The molecule has 8 heteroatoms. The highest BCUT2D eigenvalue weighted by Gasteiger charge is 2.73. The van der Waals surface area contributed by atoms with E-state index in [1.165, 1.54) is 4.90 Å². The van der Waals surface area contributed by atoms with Crippen molar-refractivity contribution < 1.29 is 24.6 Å². The number of carboxylic acid groups (broad SMARTS) is 2. The summed E-state index contributed by atoms with van der Waals surface area (Å²) in [4.78, 5) is 37.6. The third-order valence-corrected chi connectivity index (χ3v) is 5.92. The molecule has 1 amide bonds. The van der Waals surface area contributed by atoms with Crippen LogP contribution in [0.1, 0.15) is 43.6 Å². The Bertz CT molecular complexity index is 727. The fraction of sp³-hybridized carbons (Fsp3) is 0.647. The van der Waals surface area contributed by atoms with Crippen LogP contribution in [-0.4, -0.2) is 55.8 Å². The van der Waals surface area contributed by atoms with E-state index in [1.807, 2.05) is 26.8 Å². The third-order valence-electron chi connectivity index (χ3n) is 5.92. The standard InChI is InChI=1S/C17H23N3O5/c1-10-6-11(2)20(18-10)12(3)7-13(21)19-8-16(14(22)23)4-5-17(16,9-19)15(24)25/h6,12H,4-5,7-9H2,1-3H3,(H,22,23)(H,24,25). The molecule has 3 rings (SSSR count). The highest BCUT2D eigenvalue weighted by atomic mass is 16.4. The van der Waals surface area contributed by atoms with Gasteiger partial charge in [-0.2, -0.15) is 5.10 Å². The van der Waals surface area contributed by atoms with Crippen LogP contribution in [-0.2, 0) is 14.4 Å². The maximum Gasteiger partial charge on any atom is 0.312 e. The maximum absolute atomic E-state index is 12.7. The molecule has 0 aromatic carbocycles. The van der Waals surface area contributed by atoms with Crippen molar-refractivity contribution in [2.45, 2.75) is 46.1 Å². The molecule has 2 N–H and O–H groups in total. The largest absolute Gasteiger partial charge is 0.481 e. The van der Waals surface area contributed by atoms with Crippen LogP contribution < -0.4 is 0 Å². The average molecular weight is 349 g/mol. The van der Waals surface area contributed by atoms with E-state index in [-0.39, 0.29) is 31.5 Å². The van der Waals surface area contributed by atoms with E-state index in [4.69, 9.17) is 0 Å². The zero-order chi connectivity index (χ0) is 18.6. The van der Waals surface area contributed by atoms with Crippen LogP contribution >= 0.6 is 0 Å². The van der Waals surface area contributed by atoms with E-state index in [1.54, 1.807) is 4.68 Å². The van der Waals surface area contributed by atoms with Gasteiger partial charge in [0.1, 0.15) is 10.8 Å². The van der Waals surface area contributed by atoms with E-state index in [2.05, 4.69) is 5.10 Å². The number of hydrogen-bond donors (Lipinski definition) is 2. The molecular formula is C17H23N3O5. The Balaban J connectivity index is 1.77. The first kappa shape index (κ1) is 17.4. The lowest BCUT2D eigenvalue weighted by atomic mass is 9.51. The SMILES string of the molecule is Cc1cc(C)n(C(C)CC(=O)N2CC3(C(=O)O)CCC3(C(=O)O)C2)n1. The van der Waals surface area contributed by atoms with E-state index in [0.717, 1.165) is 11.4 Å². The first-order valence-corrected chi connectivity index (χ1v) is 8.40. The number of carbonyl (C=O) groups excluding carboxylic acids is 1. The van der Waals surface area contributed by atoms with Gasteiger partial charge in [-0.25, -0.2) is 0 Å². The Morgan fingerprint density at radius 3 is 2.04 bits per heavy atom. The number of aryl methyl sites for hydroxylation is 2. The second kappa shape index (κ2) is 5.57. The topological polar surface area (TPSA) is 113 Å². The smallest absolute Gasteiger partial charge is 0.312 e. The van der Waals surface area contributed by atoms with Gasteiger partial charge in [-0.15, -0.1) is 0 Å². The Morgan fingerprint density at radius 1 is 1.16 bits per heavy atom. The van der Waals surface area contributed by atoms with Crippen molar-refractivity contribution in [1.29, 1.82) is 0 Å². The van der Waals surface area contributed by atoms with E-state index >= 15 is 0 Å². The van der Waals surface area contributed by atoms with Crippen LogP contribution in [0.2, 0.25) is 0 Å². The van der Waals surface area contributed by atoms with Crippen molar-refractivity contribution >= 4 is 17.8 Å². The number of carboxylic acids is 2. The third kappa shape index (κ3) is 2.34. The van der Waals surface area contributed by atoms with Crippen molar-refractivity contribution in [3.8, 4) is 0 Å². The number of fused-ring (bicyclic) bond motifs is 1. The number of nitrogens with zero attached hydrogens (tertiary/aromatic N) is 3. The van der Waals surface area contributed by atoms with Crippen molar-refractivity contribution in [1.82, 2.24) is 14.7 Å². The summed E-state index contributed by atoms with van der Waals surface area (Å²) in [7, 11) is 0. The summed E-state index contributed by atoms with van der Waals surface area (Å²) in [6, 6.07) is 1.75. The summed E-state index contributed by atoms with van der Waals surface area (Å²) in [5.41, 5.74) is -0.889. The van der Waals surface area contributed by atoms with E-state index in [9.17, 15) is 24.6 Å². The predicted molar refractivity (Wildman–Crippen MR) is 87.0 cm³/mol. The minimum absolute atomic E-state index is 0.0305. The van der Waals surface area contributed by atoms with Gasteiger partial charge in [0.2, 0.25) is 5.91 Å². The lowest BCUT2D eigenvalue weighted by Gasteiger charge is -2.47. The molecule has 8 nitrogen and oxygen atoms in total. The first-order chi connectivity index (χ1) is 11.6. The number of aromatic nitrogens is 2. The molecule has 2 heterocycles. The molecule has 3 atom stereocenters.